The largest absolute Gasteiger partial charge is 0.363 e. The van der Waals surface area contributed by atoms with Crippen LogP contribution in [0.5, 0.6) is 0 Å². The fourth-order valence-electron chi connectivity index (χ4n) is 3.34. The first-order valence-corrected chi connectivity index (χ1v) is 10.5. The Morgan fingerprint density at radius 2 is 1.77 bits per heavy atom. The molecule has 2 saturated heterocycles. The van der Waals surface area contributed by atoms with Crippen LogP contribution in [0.2, 0.25) is 0 Å². The summed E-state index contributed by atoms with van der Waals surface area (Å²) in [6.07, 6.45) is 1.97. The van der Waals surface area contributed by atoms with Gasteiger partial charge in [0.05, 0.1) is 23.0 Å². The number of anilines is 1. The maximum Gasteiger partial charge on any atom is 0.255 e. The quantitative estimate of drug-likeness (QED) is 0.725. The van der Waals surface area contributed by atoms with Crippen molar-refractivity contribution in [2.24, 2.45) is 5.92 Å². The monoisotopic (exact) mass is 380 g/mol. The third-order valence-electron chi connectivity index (χ3n) is 4.91. The molecule has 2 aliphatic heterocycles. The van der Waals surface area contributed by atoms with Crippen LogP contribution in [0.25, 0.3) is 0 Å². The molecule has 0 spiro atoms. The van der Waals surface area contributed by atoms with Crippen LogP contribution in [-0.2, 0) is 14.6 Å². The second-order valence-corrected chi connectivity index (χ2v) is 9.25. The van der Waals surface area contributed by atoms with E-state index in [0.29, 0.717) is 38.2 Å². The molecular weight excluding hydrogens is 356 g/mol. The highest BCUT2D eigenvalue weighted by Gasteiger charge is 2.36. The Balaban J connectivity index is 1.56. The number of carbonyl (C=O) groups is 2. The third kappa shape index (κ3) is 3.98. The fraction of sp³-hybridized carbons (Fsp3) is 0.588. The summed E-state index contributed by atoms with van der Waals surface area (Å²) in [7, 11) is 0.698. The van der Waals surface area contributed by atoms with Gasteiger partial charge in [-0.3, -0.25) is 9.59 Å². The molecule has 26 heavy (non-hydrogen) atoms. The maximum atomic E-state index is 12.6. The molecule has 0 bridgehead atoms. The molecule has 3 heterocycles. The molecular formula is C17H24N4O4S. The molecule has 0 N–H and O–H groups in total. The number of hydrogen-bond acceptors (Lipinski definition) is 6. The topological polar surface area (TPSA) is 90.9 Å². The highest BCUT2D eigenvalue weighted by molar-refractivity contribution is 7.91. The van der Waals surface area contributed by atoms with Crippen LogP contribution < -0.4 is 4.90 Å². The number of sulfone groups is 1. The van der Waals surface area contributed by atoms with E-state index in [0.717, 1.165) is 5.82 Å². The number of aromatic nitrogens is 1. The lowest BCUT2D eigenvalue weighted by Crippen LogP contribution is -2.52. The Labute approximate surface area is 153 Å². The summed E-state index contributed by atoms with van der Waals surface area (Å²) < 4.78 is 23.1. The lowest BCUT2D eigenvalue weighted by Gasteiger charge is -2.35. The molecule has 0 radical (unpaired) electrons. The zero-order chi connectivity index (χ0) is 18.9. The zero-order valence-corrected chi connectivity index (χ0v) is 15.9. The van der Waals surface area contributed by atoms with E-state index in [-0.39, 0.29) is 23.3 Å². The van der Waals surface area contributed by atoms with Crippen LogP contribution in [0.1, 0.15) is 16.8 Å². The van der Waals surface area contributed by atoms with Crippen molar-refractivity contribution < 1.29 is 18.0 Å². The van der Waals surface area contributed by atoms with Gasteiger partial charge in [0.15, 0.2) is 9.84 Å². The van der Waals surface area contributed by atoms with Gasteiger partial charge in [0.1, 0.15) is 5.82 Å². The van der Waals surface area contributed by atoms with E-state index in [1.165, 1.54) is 0 Å². The van der Waals surface area contributed by atoms with Gasteiger partial charge < -0.3 is 14.7 Å². The molecule has 142 valence electrons. The number of rotatable bonds is 3. The predicted molar refractivity (Wildman–Crippen MR) is 97.8 cm³/mol. The lowest BCUT2D eigenvalue weighted by molar-refractivity contribution is -0.136. The molecule has 1 aromatic heterocycles. The van der Waals surface area contributed by atoms with E-state index < -0.39 is 15.8 Å². The van der Waals surface area contributed by atoms with E-state index in [2.05, 4.69) is 4.98 Å². The Morgan fingerprint density at radius 1 is 1.12 bits per heavy atom. The van der Waals surface area contributed by atoms with Gasteiger partial charge in [-0.25, -0.2) is 13.4 Å². The van der Waals surface area contributed by atoms with Gasteiger partial charge in [0.25, 0.3) is 5.91 Å². The summed E-state index contributed by atoms with van der Waals surface area (Å²) in [5, 5.41) is 0. The average molecular weight is 380 g/mol. The summed E-state index contributed by atoms with van der Waals surface area (Å²) in [5.41, 5.74) is 0.525. The first kappa shape index (κ1) is 18.6. The van der Waals surface area contributed by atoms with E-state index in [4.69, 9.17) is 0 Å². The minimum Gasteiger partial charge on any atom is -0.363 e. The number of hydrogen-bond donors (Lipinski definition) is 0. The molecule has 2 fully saturated rings. The van der Waals surface area contributed by atoms with Crippen LogP contribution in [0, 0.1) is 5.92 Å². The highest BCUT2D eigenvalue weighted by Crippen LogP contribution is 2.21. The minimum atomic E-state index is -3.07. The van der Waals surface area contributed by atoms with Crippen molar-refractivity contribution in [3.8, 4) is 0 Å². The Hall–Kier alpha value is -2.16. The van der Waals surface area contributed by atoms with Crippen LogP contribution >= 0.6 is 0 Å². The molecule has 8 nitrogen and oxygen atoms in total. The van der Waals surface area contributed by atoms with Crippen molar-refractivity contribution >= 4 is 27.5 Å². The molecule has 0 aliphatic carbocycles. The second-order valence-electron chi connectivity index (χ2n) is 7.02. The summed E-state index contributed by atoms with van der Waals surface area (Å²) in [6, 6.07) is 3.55. The third-order valence-corrected chi connectivity index (χ3v) is 6.68. The lowest BCUT2D eigenvalue weighted by atomic mass is 10.1. The van der Waals surface area contributed by atoms with Crippen molar-refractivity contribution in [3.63, 3.8) is 0 Å². The second kappa shape index (κ2) is 7.22. The Bertz CT molecular complexity index is 783. The average Bonchev–Trinajstić information content (AvgIpc) is 3.00. The summed E-state index contributed by atoms with van der Waals surface area (Å²) in [6.45, 7) is 1.76. The molecule has 1 atom stereocenters. The molecule has 2 amide bonds. The number of carbonyl (C=O) groups excluding carboxylic acids is 2. The highest BCUT2D eigenvalue weighted by atomic mass is 32.2. The number of amides is 2. The standard InChI is InChI=1S/C17H24N4O4S/c1-19(2)15-4-3-13(11-18-15)16(22)20-6-8-21(9-7-20)17(23)14-5-10-26(24,25)12-14/h3-4,11,14H,5-10,12H2,1-2H3/t14-/m1/s1. The Kier molecular flexibility index (Phi) is 5.17. The smallest absolute Gasteiger partial charge is 0.255 e. The molecule has 3 rings (SSSR count). The van der Waals surface area contributed by atoms with E-state index in [9.17, 15) is 18.0 Å². The van der Waals surface area contributed by atoms with E-state index >= 15 is 0 Å². The van der Waals surface area contributed by atoms with Crippen LogP contribution in [0.3, 0.4) is 0 Å². The normalized spacial score (nSPS) is 22.3. The van der Waals surface area contributed by atoms with Crippen LogP contribution in [0.15, 0.2) is 18.3 Å². The van der Waals surface area contributed by atoms with Gasteiger partial charge in [0.2, 0.25) is 5.91 Å². The van der Waals surface area contributed by atoms with Gasteiger partial charge in [-0.1, -0.05) is 0 Å². The van der Waals surface area contributed by atoms with Gasteiger partial charge in [-0.2, -0.15) is 0 Å². The zero-order valence-electron chi connectivity index (χ0n) is 15.1. The molecule has 0 aromatic carbocycles. The van der Waals surface area contributed by atoms with E-state index in [1.807, 2.05) is 19.0 Å². The fourth-order valence-corrected chi connectivity index (χ4v) is 5.07. The van der Waals surface area contributed by atoms with Crippen molar-refractivity contribution in [2.45, 2.75) is 6.42 Å². The molecule has 0 saturated carbocycles. The van der Waals surface area contributed by atoms with Crippen molar-refractivity contribution in [1.29, 1.82) is 0 Å². The molecule has 0 unspecified atom stereocenters. The van der Waals surface area contributed by atoms with Crippen molar-refractivity contribution in [1.82, 2.24) is 14.8 Å². The SMILES string of the molecule is CN(C)c1ccc(C(=O)N2CCN(C(=O)[C@@H]3CCS(=O)(=O)C3)CC2)cn1. The molecule has 1 aromatic rings. The summed E-state index contributed by atoms with van der Waals surface area (Å²) >= 11 is 0. The van der Waals surface area contributed by atoms with E-state index in [1.54, 1.807) is 28.1 Å². The van der Waals surface area contributed by atoms with Gasteiger partial charge >= 0.3 is 0 Å². The number of piperazine rings is 1. The minimum absolute atomic E-state index is 0.0468. The summed E-state index contributed by atoms with van der Waals surface area (Å²) in [5.74, 6) is 0.203. The van der Waals surface area contributed by atoms with Crippen molar-refractivity contribution in [2.75, 3.05) is 56.7 Å². The van der Waals surface area contributed by atoms with Gasteiger partial charge in [-0.15, -0.1) is 0 Å². The summed E-state index contributed by atoms with van der Waals surface area (Å²) in [4.78, 5) is 34.6. The first-order chi connectivity index (χ1) is 12.3. The molecule has 2 aliphatic rings. The number of pyridine rings is 1. The van der Waals surface area contributed by atoms with Crippen molar-refractivity contribution in [3.05, 3.63) is 23.9 Å². The van der Waals surface area contributed by atoms with Gasteiger partial charge in [0, 0.05) is 46.5 Å². The number of nitrogens with zero attached hydrogens (tertiary/aromatic N) is 4. The predicted octanol–water partition coefficient (Wildman–Crippen LogP) is -0.133. The Morgan fingerprint density at radius 3 is 2.27 bits per heavy atom. The molecule has 9 heteroatoms. The first-order valence-electron chi connectivity index (χ1n) is 8.69. The van der Waals surface area contributed by atoms with Crippen LogP contribution in [0.4, 0.5) is 5.82 Å². The van der Waals surface area contributed by atoms with Gasteiger partial charge in [-0.05, 0) is 18.6 Å². The van der Waals surface area contributed by atoms with Crippen LogP contribution in [-0.4, -0.2) is 86.8 Å². The maximum absolute atomic E-state index is 12.6.